The zero-order valence-electron chi connectivity index (χ0n) is 13.1. The van der Waals surface area contributed by atoms with Gasteiger partial charge in [0.1, 0.15) is 0 Å². The van der Waals surface area contributed by atoms with Crippen LogP contribution in [0.5, 0.6) is 0 Å². The van der Waals surface area contributed by atoms with Crippen molar-refractivity contribution in [1.29, 1.82) is 0 Å². The number of hydrogen-bond acceptors (Lipinski definition) is 4. The predicted octanol–water partition coefficient (Wildman–Crippen LogP) is 3.91. The summed E-state index contributed by atoms with van der Waals surface area (Å²) in [4.78, 5) is 16.1. The molecule has 0 aliphatic rings. The summed E-state index contributed by atoms with van der Waals surface area (Å²) in [5.74, 6) is 1.01. The number of aromatic amines is 1. The number of thioether (sulfide) groups is 1. The van der Waals surface area contributed by atoms with Crippen molar-refractivity contribution in [2.45, 2.75) is 37.8 Å². The van der Waals surface area contributed by atoms with Crippen molar-refractivity contribution in [3.05, 3.63) is 29.3 Å². The number of carbonyl (C=O) groups excluding carboxylic acids is 1. The Hall–Kier alpha value is -1.53. The Morgan fingerprint density at radius 2 is 2.04 bits per heavy atom. The highest BCUT2D eigenvalue weighted by Gasteiger charge is 2.08. The monoisotopic (exact) mass is 352 g/mol. The van der Waals surface area contributed by atoms with E-state index in [1.807, 2.05) is 12.1 Å². The normalized spacial score (nSPS) is 10.7. The third-order valence-electron chi connectivity index (χ3n) is 3.27. The van der Waals surface area contributed by atoms with Gasteiger partial charge in [-0.3, -0.25) is 9.89 Å². The molecule has 0 fully saturated rings. The number of aromatic nitrogens is 3. The van der Waals surface area contributed by atoms with E-state index in [-0.39, 0.29) is 5.91 Å². The third-order valence-corrected chi connectivity index (χ3v) is 4.37. The molecule has 124 valence electrons. The van der Waals surface area contributed by atoms with Gasteiger partial charge in [0.2, 0.25) is 11.1 Å². The lowest BCUT2D eigenvalue weighted by Crippen LogP contribution is -2.26. The van der Waals surface area contributed by atoms with Gasteiger partial charge in [-0.2, -0.15) is 0 Å². The maximum Gasteiger partial charge on any atom is 0.230 e. The summed E-state index contributed by atoms with van der Waals surface area (Å²) in [6, 6.07) is 7.36. The lowest BCUT2D eigenvalue weighted by molar-refractivity contribution is -0.118. The van der Waals surface area contributed by atoms with Gasteiger partial charge in [0.15, 0.2) is 5.82 Å². The number of benzene rings is 1. The van der Waals surface area contributed by atoms with Crippen molar-refractivity contribution in [2.75, 3.05) is 12.3 Å². The Labute approximate surface area is 145 Å². The third kappa shape index (κ3) is 6.23. The molecule has 0 unspecified atom stereocenters. The second kappa shape index (κ2) is 9.57. The number of amides is 1. The standard InChI is InChI=1S/C16H21ClN4OS/c1-2-3-4-5-10-18-14(22)11-23-16-19-15(20-21-16)12-6-8-13(17)9-7-12/h6-9H,2-5,10-11H2,1H3,(H,18,22)(H,19,20,21). The van der Waals surface area contributed by atoms with Crippen LogP contribution < -0.4 is 5.32 Å². The molecule has 1 aromatic heterocycles. The van der Waals surface area contributed by atoms with Crippen molar-refractivity contribution in [3.8, 4) is 11.4 Å². The Morgan fingerprint density at radius 3 is 2.78 bits per heavy atom. The van der Waals surface area contributed by atoms with E-state index in [0.717, 1.165) is 24.9 Å². The van der Waals surface area contributed by atoms with Crippen LogP contribution in [-0.2, 0) is 4.79 Å². The first-order valence-corrected chi connectivity index (χ1v) is 9.13. The van der Waals surface area contributed by atoms with Gasteiger partial charge in [-0.25, -0.2) is 4.98 Å². The molecule has 2 N–H and O–H groups in total. The molecular weight excluding hydrogens is 332 g/mol. The van der Waals surface area contributed by atoms with Crippen molar-refractivity contribution >= 4 is 29.3 Å². The van der Waals surface area contributed by atoms with Crippen molar-refractivity contribution in [2.24, 2.45) is 0 Å². The molecule has 2 aromatic rings. The average molecular weight is 353 g/mol. The van der Waals surface area contributed by atoms with E-state index < -0.39 is 0 Å². The zero-order valence-corrected chi connectivity index (χ0v) is 14.7. The molecule has 0 saturated heterocycles. The van der Waals surface area contributed by atoms with E-state index in [9.17, 15) is 4.79 Å². The molecule has 23 heavy (non-hydrogen) atoms. The number of nitrogens with zero attached hydrogens (tertiary/aromatic N) is 2. The number of unbranched alkanes of at least 4 members (excludes halogenated alkanes) is 3. The fourth-order valence-electron chi connectivity index (χ4n) is 2.01. The second-order valence-electron chi connectivity index (χ2n) is 5.17. The quantitative estimate of drug-likeness (QED) is 0.530. The first-order valence-electron chi connectivity index (χ1n) is 7.77. The molecular formula is C16H21ClN4OS. The molecule has 1 heterocycles. The fourth-order valence-corrected chi connectivity index (χ4v) is 2.76. The lowest BCUT2D eigenvalue weighted by Gasteiger charge is -2.03. The SMILES string of the molecule is CCCCCCNC(=O)CSc1n[nH]c(-c2ccc(Cl)cc2)n1. The minimum absolute atomic E-state index is 0.0179. The highest BCUT2D eigenvalue weighted by atomic mass is 35.5. The van der Waals surface area contributed by atoms with Crippen LogP contribution in [0.4, 0.5) is 0 Å². The smallest absolute Gasteiger partial charge is 0.230 e. The number of halogens is 1. The lowest BCUT2D eigenvalue weighted by atomic mass is 10.2. The molecule has 1 amide bonds. The summed E-state index contributed by atoms with van der Waals surface area (Å²) in [5.41, 5.74) is 0.911. The van der Waals surface area contributed by atoms with E-state index in [1.54, 1.807) is 12.1 Å². The molecule has 1 aromatic carbocycles. The largest absolute Gasteiger partial charge is 0.355 e. The van der Waals surface area contributed by atoms with Gasteiger partial charge in [0.05, 0.1) is 5.75 Å². The molecule has 0 radical (unpaired) electrons. The van der Waals surface area contributed by atoms with E-state index in [4.69, 9.17) is 11.6 Å². The van der Waals surface area contributed by atoms with Gasteiger partial charge < -0.3 is 5.32 Å². The van der Waals surface area contributed by atoms with Gasteiger partial charge in [-0.05, 0) is 30.7 Å². The molecule has 0 spiro atoms. The van der Waals surface area contributed by atoms with Crippen molar-refractivity contribution in [3.63, 3.8) is 0 Å². The Morgan fingerprint density at radius 1 is 1.26 bits per heavy atom. The maximum atomic E-state index is 11.8. The Kier molecular flexibility index (Phi) is 7.42. The molecule has 5 nitrogen and oxygen atoms in total. The first-order chi connectivity index (χ1) is 11.2. The van der Waals surface area contributed by atoms with Gasteiger partial charge in [0.25, 0.3) is 0 Å². The molecule has 0 aliphatic carbocycles. The molecule has 0 saturated carbocycles. The first kappa shape index (κ1) is 17.8. The highest BCUT2D eigenvalue weighted by Crippen LogP contribution is 2.20. The van der Waals surface area contributed by atoms with Crippen LogP contribution in [0.2, 0.25) is 5.02 Å². The minimum atomic E-state index is 0.0179. The van der Waals surface area contributed by atoms with Crippen LogP contribution in [-0.4, -0.2) is 33.4 Å². The summed E-state index contributed by atoms with van der Waals surface area (Å²) in [6.45, 7) is 2.91. The molecule has 7 heteroatoms. The summed E-state index contributed by atoms with van der Waals surface area (Å²) in [5, 5.41) is 11.2. The maximum absolute atomic E-state index is 11.8. The van der Waals surface area contributed by atoms with Crippen LogP contribution in [0.15, 0.2) is 29.4 Å². The highest BCUT2D eigenvalue weighted by molar-refractivity contribution is 7.99. The van der Waals surface area contributed by atoms with Crippen LogP contribution in [0.3, 0.4) is 0 Å². The number of nitrogens with one attached hydrogen (secondary N) is 2. The molecule has 0 atom stereocenters. The van der Waals surface area contributed by atoms with Gasteiger partial charge in [0, 0.05) is 17.1 Å². The number of H-pyrrole nitrogens is 1. The van der Waals surface area contributed by atoms with Crippen molar-refractivity contribution in [1.82, 2.24) is 20.5 Å². The Bertz CT molecular complexity index is 615. The van der Waals surface area contributed by atoms with Crippen LogP contribution in [0.25, 0.3) is 11.4 Å². The second-order valence-corrected chi connectivity index (χ2v) is 6.55. The van der Waals surface area contributed by atoms with Crippen LogP contribution in [0.1, 0.15) is 32.6 Å². The van der Waals surface area contributed by atoms with E-state index >= 15 is 0 Å². The predicted molar refractivity (Wildman–Crippen MR) is 94.7 cm³/mol. The average Bonchev–Trinajstić information content (AvgIpc) is 3.02. The number of carbonyl (C=O) groups is 1. The zero-order chi connectivity index (χ0) is 16.5. The van der Waals surface area contributed by atoms with E-state index in [2.05, 4.69) is 27.4 Å². The summed E-state index contributed by atoms with van der Waals surface area (Å²) in [7, 11) is 0. The Balaban J connectivity index is 1.74. The van der Waals surface area contributed by atoms with Gasteiger partial charge >= 0.3 is 0 Å². The van der Waals surface area contributed by atoms with Gasteiger partial charge in [-0.15, -0.1) is 5.10 Å². The van der Waals surface area contributed by atoms with Crippen LogP contribution in [0, 0.1) is 0 Å². The molecule has 0 aliphatic heterocycles. The summed E-state index contributed by atoms with van der Waals surface area (Å²) in [6.07, 6.45) is 4.61. The van der Waals surface area contributed by atoms with Crippen molar-refractivity contribution < 1.29 is 4.79 Å². The van der Waals surface area contributed by atoms with Gasteiger partial charge in [-0.1, -0.05) is 49.5 Å². The summed E-state index contributed by atoms with van der Waals surface area (Å²) >= 11 is 7.19. The van der Waals surface area contributed by atoms with E-state index in [1.165, 1.54) is 24.6 Å². The van der Waals surface area contributed by atoms with Crippen LogP contribution >= 0.6 is 23.4 Å². The van der Waals surface area contributed by atoms with E-state index in [0.29, 0.717) is 21.8 Å². The topological polar surface area (TPSA) is 70.7 Å². The number of rotatable bonds is 9. The number of hydrogen-bond donors (Lipinski definition) is 2. The molecule has 0 bridgehead atoms. The fraction of sp³-hybridized carbons (Fsp3) is 0.438. The molecule has 2 rings (SSSR count). The minimum Gasteiger partial charge on any atom is -0.355 e. The summed E-state index contributed by atoms with van der Waals surface area (Å²) < 4.78 is 0.